The zero-order valence-electron chi connectivity index (χ0n) is 20.1. The van der Waals surface area contributed by atoms with E-state index in [9.17, 15) is 14.0 Å². The van der Waals surface area contributed by atoms with Crippen molar-refractivity contribution < 1.29 is 28.6 Å². The molecule has 7 nitrogen and oxygen atoms in total. The Bertz CT molecular complexity index is 804. The summed E-state index contributed by atoms with van der Waals surface area (Å²) >= 11 is 11.8. The minimum absolute atomic E-state index is 0.0413. The summed E-state index contributed by atoms with van der Waals surface area (Å²) in [5.74, 6) is -1.27. The predicted molar refractivity (Wildman–Crippen MR) is 127 cm³/mol. The van der Waals surface area contributed by atoms with E-state index < -0.39 is 29.5 Å². The summed E-state index contributed by atoms with van der Waals surface area (Å²) in [6.07, 6.45) is 1.03. The minimum atomic E-state index is -0.599. The molecule has 2 rings (SSSR count). The maximum atomic E-state index is 13.7. The van der Waals surface area contributed by atoms with Crippen LogP contribution in [0.3, 0.4) is 0 Å². The number of carbonyl (C=O) groups excluding carboxylic acids is 2. The maximum absolute atomic E-state index is 13.7. The third-order valence-electron chi connectivity index (χ3n) is 5.27. The van der Waals surface area contributed by atoms with Crippen LogP contribution in [0.25, 0.3) is 0 Å². The van der Waals surface area contributed by atoms with E-state index in [4.69, 9.17) is 37.8 Å². The molecular weight excluding hydrogens is 474 g/mol. The minimum Gasteiger partial charge on any atom is -0.444 e. The van der Waals surface area contributed by atoms with Gasteiger partial charge in [0.15, 0.2) is 0 Å². The molecule has 1 saturated heterocycles. The number of methoxy groups -OCH3 is 1. The van der Waals surface area contributed by atoms with Crippen molar-refractivity contribution >= 4 is 35.2 Å². The van der Waals surface area contributed by atoms with Gasteiger partial charge in [0.25, 0.3) is 0 Å². The lowest BCUT2D eigenvalue weighted by Gasteiger charge is -2.34. The average molecular weight is 509 g/mol. The maximum Gasteiger partial charge on any atom is 0.410 e. The Morgan fingerprint density at radius 1 is 1.27 bits per heavy atom. The summed E-state index contributed by atoms with van der Waals surface area (Å²) in [5, 5.41) is 10.2. The molecule has 0 radical (unpaired) electrons. The number of halogens is 3. The molecule has 10 heteroatoms. The summed E-state index contributed by atoms with van der Waals surface area (Å²) in [5.41, 5.74) is -0.0372. The van der Waals surface area contributed by atoms with Crippen LogP contribution in [0.5, 0.6) is 0 Å². The zero-order valence-corrected chi connectivity index (χ0v) is 21.6. The number of likely N-dealkylation sites (tertiary alicyclic amines) is 1. The van der Waals surface area contributed by atoms with Crippen molar-refractivity contribution in [3.63, 3.8) is 0 Å². The van der Waals surface area contributed by atoms with Crippen LogP contribution in [0.2, 0.25) is 10.0 Å². The van der Waals surface area contributed by atoms with Gasteiger partial charge in [0.05, 0.1) is 23.1 Å². The van der Waals surface area contributed by atoms with Gasteiger partial charge in [0, 0.05) is 32.3 Å². The van der Waals surface area contributed by atoms with Crippen LogP contribution in [0, 0.1) is 11.7 Å². The third-order valence-corrected chi connectivity index (χ3v) is 5.91. The number of carbonyl (C=O) groups is 2. The van der Waals surface area contributed by atoms with E-state index in [2.05, 4.69) is 5.32 Å². The van der Waals surface area contributed by atoms with Crippen molar-refractivity contribution in [2.75, 3.05) is 27.3 Å². The molecule has 33 heavy (non-hydrogen) atoms. The Morgan fingerprint density at radius 3 is 2.48 bits per heavy atom. The van der Waals surface area contributed by atoms with Gasteiger partial charge in [-0.2, -0.15) is 0 Å². The Morgan fingerprint density at radius 2 is 1.91 bits per heavy atom. The van der Waals surface area contributed by atoms with Gasteiger partial charge >= 0.3 is 6.09 Å². The first-order valence-electron chi connectivity index (χ1n) is 10.8. The summed E-state index contributed by atoms with van der Waals surface area (Å²) in [6, 6.07) is 2.38. The Balaban J connectivity index is 0.00000265. The molecule has 1 aliphatic heterocycles. The second-order valence-electron chi connectivity index (χ2n) is 8.77. The lowest BCUT2D eigenvalue weighted by molar-refractivity contribution is -0.130. The van der Waals surface area contributed by atoms with E-state index in [1.54, 1.807) is 11.8 Å². The molecule has 0 spiro atoms. The van der Waals surface area contributed by atoms with E-state index in [0.29, 0.717) is 23.6 Å². The lowest BCUT2D eigenvalue weighted by atomic mass is 9.95. The van der Waals surface area contributed by atoms with Gasteiger partial charge in [0.2, 0.25) is 5.91 Å². The quantitative estimate of drug-likeness (QED) is 0.531. The number of nitrogens with one attached hydrogen (secondary N) is 1. The van der Waals surface area contributed by atoms with Crippen molar-refractivity contribution in [1.82, 2.24) is 10.2 Å². The van der Waals surface area contributed by atoms with E-state index >= 15 is 0 Å². The van der Waals surface area contributed by atoms with Crippen molar-refractivity contribution in [2.24, 2.45) is 5.92 Å². The largest absolute Gasteiger partial charge is 0.444 e. The number of aliphatic hydroxyl groups is 1. The van der Waals surface area contributed by atoms with E-state index in [-0.39, 0.29) is 23.5 Å². The van der Waals surface area contributed by atoms with Crippen molar-refractivity contribution in [2.45, 2.75) is 64.7 Å². The van der Waals surface area contributed by atoms with E-state index in [1.807, 2.05) is 20.8 Å². The molecule has 1 heterocycles. The molecule has 1 fully saturated rings. The van der Waals surface area contributed by atoms with Gasteiger partial charge in [-0.25, -0.2) is 9.18 Å². The monoisotopic (exact) mass is 508 g/mol. The van der Waals surface area contributed by atoms with Crippen LogP contribution in [-0.4, -0.2) is 67.1 Å². The second kappa shape index (κ2) is 13.3. The van der Waals surface area contributed by atoms with E-state index in [0.717, 1.165) is 20.0 Å². The number of ether oxygens (including phenoxy) is 2. The highest BCUT2D eigenvalue weighted by atomic mass is 35.5. The second-order valence-corrected chi connectivity index (χ2v) is 9.59. The van der Waals surface area contributed by atoms with Crippen LogP contribution < -0.4 is 5.32 Å². The lowest BCUT2D eigenvalue weighted by Crippen LogP contribution is -2.50. The number of rotatable bonds is 7. The Labute approximate surface area is 205 Å². The van der Waals surface area contributed by atoms with Crippen molar-refractivity contribution in [3.8, 4) is 0 Å². The van der Waals surface area contributed by atoms with Crippen LogP contribution >= 0.6 is 23.2 Å². The van der Waals surface area contributed by atoms with Crippen LogP contribution in [0.1, 0.15) is 46.1 Å². The van der Waals surface area contributed by atoms with Gasteiger partial charge in [0.1, 0.15) is 11.4 Å². The molecule has 0 aromatic heterocycles. The highest BCUT2D eigenvalue weighted by Crippen LogP contribution is 2.28. The highest BCUT2D eigenvalue weighted by molar-refractivity contribution is 6.35. The van der Waals surface area contributed by atoms with Gasteiger partial charge in [-0.1, -0.05) is 30.1 Å². The third kappa shape index (κ3) is 8.59. The van der Waals surface area contributed by atoms with Crippen molar-refractivity contribution in [3.05, 3.63) is 33.6 Å². The van der Waals surface area contributed by atoms with Gasteiger partial charge in [-0.05, 0) is 57.7 Å². The fourth-order valence-corrected chi connectivity index (χ4v) is 4.24. The predicted octanol–water partition coefficient (Wildman–Crippen LogP) is 4.45. The number of aliphatic hydroxyl groups excluding tert-OH is 1. The van der Waals surface area contributed by atoms with Crippen LogP contribution in [0.15, 0.2) is 12.1 Å². The van der Waals surface area contributed by atoms with Crippen LogP contribution in [-0.2, 0) is 20.7 Å². The van der Waals surface area contributed by atoms with Crippen molar-refractivity contribution in [1.29, 1.82) is 0 Å². The Hall–Kier alpha value is -1.61. The van der Waals surface area contributed by atoms with Gasteiger partial charge in [-0.15, -0.1) is 0 Å². The summed E-state index contributed by atoms with van der Waals surface area (Å²) < 4.78 is 24.8. The smallest absolute Gasteiger partial charge is 0.410 e. The molecular formula is C23H35Cl2FN2O5. The zero-order chi connectivity index (χ0) is 25.3. The molecule has 1 aromatic rings. The first-order valence-corrected chi connectivity index (χ1v) is 11.6. The standard InChI is InChI=1S/C22H31Cl2FN2O4.CH4O/c1-13(20(28)26-9-8-14-11-17(25)16(24)12-15(14)23)19(30-5)18-7-6-10-27(18)21(29)31-22(2,3)4;1-2/h11-13,18-19H,6-10H2,1-5H3,(H,26,28);2H,1H3. The number of amides is 2. The number of hydrogen-bond acceptors (Lipinski definition) is 5. The summed E-state index contributed by atoms with van der Waals surface area (Å²) in [6.45, 7) is 8.06. The van der Waals surface area contributed by atoms with Gasteiger partial charge < -0.3 is 24.8 Å². The molecule has 2 amide bonds. The summed E-state index contributed by atoms with van der Waals surface area (Å²) in [4.78, 5) is 27.0. The molecule has 3 atom stereocenters. The molecule has 0 saturated carbocycles. The number of hydrogen-bond donors (Lipinski definition) is 2. The first-order chi connectivity index (χ1) is 15.4. The fourth-order valence-electron chi connectivity index (χ4n) is 3.76. The Kier molecular flexibility index (Phi) is 11.9. The average Bonchev–Trinajstić information content (AvgIpc) is 3.22. The molecule has 1 aromatic carbocycles. The topological polar surface area (TPSA) is 88.1 Å². The molecule has 0 bridgehead atoms. The van der Waals surface area contributed by atoms with Gasteiger partial charge in [-0.3, -0.25) is 4.79 Å². The molecule has 3 unspecified atom stereocenters. The fraction of sp³-hybridized carbons (Fsp3) is 0.652. The summed E-state index contributed by atoms with van der Waals surface area (Å²) in [7, 11) is 2.54. The van der Waals surface area contributed by atoms with Crippen LogP contribution in [0.4, 0.5) is 9.18 Å². The molecule has 0 aliphatic carbocycles. The SMILES string of the molecule is CO.COC(C(C)C(=O)NCCc1cc(F)c(Cl)cc1Cl)C1CCCN1C(=O)OC(C)(C)C. The van der Waals surface area contributed by atoms with E-state index in [1.165, 1.54) is 19.2 Å². The number of nitrogens with zero attached hydrogens (tertiary/aromatic N) is 1. The highest BCUT2D eigenvalue weighted by Gasteiger charge is 2.41. The first kappa shape index (κ1) is 29.4. The number of benzene rings is 1. The molecule has 1 aliphatic rings. The molecule has 188 valence electrons. The normalized spacial score (nSPS) is 17.6. The molecule has 2 N–H and O–H groups in total.